The molecule has 0 saturated heterocycles. The summed E-state index contributed by atoms with van der Waals surface area (Å²) in [6, 6.07) is 14.8. The van der Waals surface area contributed by atoms with Gasteiger partial charge in [-0.25, -0.2) is 0 Å². The number of benzene rings is 2. The number of primary amides is 1. The van der Waals surface area contributed by atoms with Gasteiger partial charge in [0.2, 0.25) is 11.8 Å². The molecule has 10 heteroatoms. The van der Waals surface area contributed by atoms with Gasteiger partial charge in [-0.2, -0.15) is 0 Å². The molecular formula is C20H21N5O3S2. The predicted octanol–water partition coefficient (Wildman–Crippen LogP) is 2.89. The number of aromatic nitrogens is 3. The van der Waals surface area contributed by atoms with Gasteiger partial charge in [-0.1, -0.05) is 23.9 Å². The molecule has 0 bridgehead atoms. The number of ether oxygens (including phenoxy) is 1. The van der Waals surface area contributed by atoms with Gasteiger partial charge in [0, 0.05) is 10.6 Å². The number of nitrogens with one attached hydrogen (secondary N) is 1. The third-order valence-corrected chi connectivity index (χ3v) is 6.01. The van der Waals surface area contributed by atoms with Crippen LogP contribution in [0.2, 0.25) is 0 Å². The predicted molar refractivity (Wildman–Crippen MR) is 118 cm³/mol. The number of aryl methyl sites for hydroxylation is 1. The van der Waals surface area contributed by atoms with E-state index in [9.17, 15) is 9.59 Å². The van der Waals surface area contributed by atoms with Gasteiger partial charge < -0.3 is 15.8 Å². The average Bonchev–Trinajstić information content (AvgIpc) is 3.12. The van der Waals surface area contributed by atoms with E-state index in [1.165, 1.54) is 23.5 Å². The van der Waals surface area contributed by atoms with Crippen molar-refractivity contribution in [1.82, 2.24) is 14.8 Å². The lowest BCUT2D eigenvalue weighted by atomic mass is 10.3. The molecule has 0 aliphatic heterocycles. The highest BCUT2D eigenvalue weighted by atomic mass is 32.2. The standard InChI is InChI=1S/C20H21N5O3S2/c1-13-23-24-20(25(13)14-7-9-15(28-2)10-8-14)30-12-19(27)22-16-5-3-4-6-17(16)29-11-18(21)26/h3-10H,11-12H2,1-2H3,(H2,21,26)(H,22,27). The molecule has 0 radical (unpaired) electrons. The number of carbonyl (C=O) groups excluding carboxylic acids is 2. The van der Waals surface area contributed by atoms with Crippen LogP contribution < -0.4 is 15.8 Å². The molecule has 0 aliphatic rings. The summed E-state index contributed by atoms with van der Waals surface area (Å²) in [7, 11) is 1.61. The van der Waals surface area contributed by atoms with E-state index >= 15 is 0 Å². The average molecular weight is 444 g/mol. The lowest BCUT2D eigenvalue weighted by Gasteiger charge is -2.11. The van der Waals surface area contributed by atoms with E-state index in [4.69, 9.17) is 10.5 Å². The van der Waals surface area contributed by atoms with Gasteiger partial charge in [-0.15, -0.1) is 22.0 Å². The smallest absolute Gasteiger partial charge is 0.234 e. The molecular weight excluding hydrogens is 422 g/mol. The van der Waals surface area contributed by atoms with Crippen LogP contribution in [0.1, 0.15) is 5.82 Å². The van der Waals surface area contributed by atoms with Crippen molar-refractivity contribution in [3.63, 3.8) is 0 Å². The third-order valence-electron chi connectivity index (χ3n) is 3.99. The Morgan fingerprint density at radius 3 is 2.50 bits per heavy atom. The van der Waals surface area contributed by atoms with E-state index < -0.39 is 5.91 Å². The number of anilines is 1. The van der Waals surface area contributed by atoms with Crippen LogP contribution in [0.4, 0.5) is 5.69 Å². The molecule has 0 spiro atoms. The Kier molecular flexibility index (Phi) is 7.36. The van der Waals surface area contributed by atoms with Gasteiger partial charge in [0.1, 0.15) is 11.6 Å². The van der Waals surface area contributed by atoms with Gasteiger partial charge in [-0.3, -0.25) is 14.2 Å². The number of amides is 2. The Morgan fingerprint density at radius 1 is 1.07 bits per heavy atom. The summed E-state index contributed by atoms with van der Waals surface area (Å²) in [6.45, 7) is 1.85. The Morgan fingerprint density at radius 2 is 1.80 bits per heavy atom. The van der Waals surface area contributed by atoms with E-state index in [2.05, 4.69) is 15.5 Å². The van der Waals surface area contributed by atoms with Crippen LogP contribution in [-0.2, 0) is 9.59 Å². The zero-order valence-electron chi connectivity index (χ0n) is 16.5. The van der Waals surface area contributed by atoms with Crippen molar-refractivity contribution in [2.75, 3.05) is 23.9 Å². The summed E-state index contributed by atoms with van der Waals surface area (Å²) >= 11 is 2.57. The van der Waals surface area contributed by atoms with Gasteiger partial charge in [0.05, 0.1) is 24.3 Å². The molecule has 0 atom stereocenters. The summed E-state index contributed by atoms with van der Waals surface area (Å²) in [6.07, 6.45) is 0. The van der Waals surface area contributed by atoms with E-state index in [0.29, 0.717) is 10.8 Å². The zero-order valence-corrected chi connectivity index (χ0v) is 18.1. The van der Waals surface area contributed by atoms with Crippen molar-refractivity contribution in [2.45, 2.75) is 17.0 Å². The number of carbonyl (C=O) groups is 2. The normalized spacial score (nSPS) is 10.6. The number of hydrogen-bond acceptors (Lipinski definition) is 7. The van der Waals surface area contributed by atoms with Crippen molar-refractivity contribution in [1.29, 1.82) is 0 Å². The fourth-order valence-corrected chi connectivity index (χ4v) is 4.17. The Balaban J connectivity index is 1.67. The number of rotatable bonds is 9. The first-order valence-electron chi connectivity index (χ1n) is 8.97. The molecule has 156 valence electrons. The molecule has 1 aromatic heterocycles. The van der Waals surface area contributed by atoms with E-state index in [1.807, 2.05) is 54.0 Å². The number of para-hydroxylation sites is 1. The van der Waals surface area contributed by atoms with Crippen molar-refractivity contribution >= 4 is 41.0 Å². The van der Waals surface area contributed by atoms with E-state index in [0.717, 1.165) is 22.2 Å². The van der Waals surface area contributed by atoms with Crippen molar-refractivity contribution in [3.8, 4) is 11.4 Å². The largest absolute Gasteiger partial charge is 0.497 e. The Hall–Kier alpha value is -2.98. The topological polar surface area (TPSA) is 112 Å². The first-order valence-corrected chi connectivity index (χ1v) is 10.9. The SMILES string of the molecule is COc1ccc(-n2c(C)nnc2SCC(=O)Nc2ccccc2SCC(N)=O)cc1. The zero-order chi connectivity index (χ0) is 21.5. The van der Waals surface area contributed by atoms with Crippen molar-refractivity contribution < 1.29 is 14.3 Å². The molecule has 0 unspecified atom stereocenters. The van der Waals surface area contributed by atoms with Crippen LogP contribution in [0.5, 0.6) is 5.75 Å². The lowest BCUT2D eigenvalue weighted by molar-refractivity contribution is -0.115. The maximum absolute atomic E-state index is 12.5. The van der Waals surface area contributed by atoms with Crippen LogP contribution >= 0.6 is 23.5 Å². The minimum absolute atomic E-state index is 0.145. The van der Waals surface area contributed by atoms with Crippen LogP contribution in [0, 0.1) is 6.92 Å². The Labute approximate surface area is 182 Å². The molecule has 0 fully saturated rings. The molecule has 8 nitrogen and oxygen atoms in total. The quantitative estimate of drug-likeness (QED) is 0.489. The highest BCUT2D eigenvalue weighted by Gasteiger charge is 2.14. The highest BCUT2D eigenvalue weighted by molar-refractivity contribution is 8.00. The molecule has 30 heavy (non-hydrogen) atoms. The maximum Gasteiger partial charge on any atom is 0.234 e. The fraction of sp³-hybridized carbons (Fsp3) is 0.200. The van der Waals surface area contributed by atoms with E-state index in [1.54, 1.807) is 13.2 Å². The van der Waals surface area contributed by atoms with Crippen LogP contribution in [0.3, 0.4) is 0 Å². The highest BCUT2D eigenvalue weighted by Crippen LogP contribution is 2.28. The molecule has 2 amide bonds. The summed E-state index contributed by atoms with van der Waals surface area (Å²) < 4.78 is 7.08. The van der Waals surface area contributed by atoms with Crippen LogP contribution in [-0.4, -0.2) is 45.2 Å². The molecule has 0 aliphatic carbocycles. The lowest BCUT2D eigenvalue weighted by Crippen LogP contribution is -2.16. The van der Waals surface area contributed by atoms with Gasteiger partial charge >= 0.3 is 0 Å². The monoisotopic (exact) mass is 443 g/mol. The minimum atomic E-state index is -0.412. The van der Waals surface area contributed by atoms with Crippen molar-refractivity contribution in [2.24, 2.45) is 5.73 Å². The second-order valence-electron chi connectivity index (χ2n) is 6.15. The molecule has 3 aromatic rings. The van der Waals surface area contributed by atoms with Crippen molar-refractivity contribution in [3.05, 3.63) is 54.4 Å². The second kappa shape index (κ2) is 10.2. The summed E-state index contributed by atoms with van der Waals surface area (Å²) in [5, 5.41) is 11.8. The second-order valence-corrected chi connectivity index (χ2v) is 8.11. The number of nitrogens with zero attached hydrogens (tertiary/aromatic N) is 3. The molecule has 3 N–H and O–H groups in total. The first kappa shape index (κ1) is 21.7. The minimum Gasteiger partial charge on any atom is -0.497 e. The molecule has 1 heterocycles. The summed E-state index contributed by atoms with van der Waals surface area (Å²) in [5.41, 5.74) is 6.74. The Bertz CT molecular complexity index is 1040. The number of methoxy groups -OCH3 is 1. The van der Waals surface area contributed by atoms with Gasteiger partial charge in [-0.05, 0) is 43.3 Å². The molecule has 0 saturated carbocycles. The first-order chi connectivity index (χ1) is 14.5. The summed E-state index contributed by atoms with van der Waals surface area (Å²) in [4.78, 5) is 24.3. The number of thioether (sulfide) groups is 2. The molecule has 2 aromatic carbocycles. The van der Waals surface area contributed by atoms with Gasteiger partial charge in [0.25, 0.3) is 0 Å². The summed E-state index contributed by atoms with van der Waals surface area (Å²) in [5.74, 6) is 1.18. The fourth-order valence-electron chi connectivity index (χ4n) is 2.63. The van der Waals surface area contributed by atoms with Crippen LogP contribution in [0.25, 0.3) is 5.69 Å². The van der Waals surface area contributed by atoms with E-state index in [-0.39, 0.29) is 17.4 Å². The number of nitrogens with two attached hydrogens (primary N) is 1. The number of hydrogen-bond donors (Lipinski definition) is 2. The third kappa shape index (κ3) is 5.55. The van der Waals surface area contributed by atoms with Crippen LogP contribution in [0.15, 0.2) is 58.6 Å². The molecule has 3 rings (SSSR count). The maximum atomic E-state index is 12.5. The van der Waals surface area contributed by atoms with Gasteiger partial charge in [0.15, 0.2) is 5.16 Å².